The lowest BCUT2D eigenvalue weighted by Gasteiger charge is -2.25. The Morgan fingerprint density at radius 3 is 2.47 bits per heavy atom. The van der Waals surface area contributed by atoms with Crippen LogP contribution in [0.2, 0.25) is 5.02 Å². The number of aromatic hydroxyl groups is 1. The minimum Gasteiger partial charge on any atom is -0.507 e. The number of nitrogens with zero attached hydrogens (tertiary/aromatic N) is 1. The fourth-order valence-electron chi connectivity index (χ4n) is 3.61. The highest BCUT2D eigenvalue weighted by Gasteiger charge is 2.45. The van der Waals surface area contributed by atoms with E-state index in [2.05, 4.69) is 0 Å². The summed E-state index contributed by atoms with van der Waals surface area (Å²) in [7, 11) is 1.55. The SMILES string of the molecule is CCCOc1ccc(/C(O)=C2/C(=O)C(=O)N(CCCOC)C2c2ccc(O)c(Cl)c2)cc1. The molecule has 1 saturated heterocycles. The number of ether oxygens (including phenoxy) is 2. The highest BCUT2D eigenvalue weighted by molar-refractivity contribution is 6.46. The van der Waals surface area contributed by atoms with E-state index in [0.29, 0.717) is 36.5 Å². The molecule has 1 amide bonds. The molecule has 0 bridgehead atoms. The second-order valence-corrected chi connectivity index (χ2v) is 7.83. The Morgan fingerprint density at radius 1 is 1.12 bits per heavy atom. The van der Waals surface area contributed by atoms with Gasteiger partial charge in [0.05, 0.1) is 23.2 Å². The Kier molecular flexibility index (Phi) is 7.77. The zero-order chi connectivity index (χ0) is 23.3. The van der Waals surface area contributed by atoms with Gasteiger partial charge in [-0.3, -0.25) is 9.59 Å². The first-order chi connectivity index (χ1) is 15.4. The first-order valence-electron chi connectivity index (χ1n) is 10.4. The molecule has 0 aromatic heterocycles. The number of benzene rings is 2. The van der Waals surface area contributed by atoms with Gasteiger partial charge in [0, 0.05) is 25.8 Å². The van der Waals surface area contributed by atoms with Gasteiger partial charge in [0.25, 0.3) is 11.7 Å². The highest BCUT2D eigenvalue weighted by Crippen LogP contribution is 2.41. The molecule has 1 fully saturated rings. The van der Waals surface area contributed by atoms with E-state index in [4.69, 9.17) is 21.1 Å². The number of carbonyl (C=O) groups is 2. The molecule has 0 saturated carbocycles. The van der Waals surface area contributed by atoms with Crippen LogP contribution in [0.5, 0.6) is 11.5 Å². The minimum atomic E-state index is -0.846. The molecule has 3 rings (SSSR count). The third-order valence-corrected chi connectivity index (χ3v) is 5.48. The number of ketones is 1. The summed E-state index contributed by atoms with van der Waals surface area (Å²) in [6.45, 7) is 3.23. The van der Waals surface area contributed by atoms with Gasteiger partial charge in [-0.25, -0.2) is 0 Å². The molecule has 2 N–H and O–H groups in total. The molecule has 0 aliphatic carbocycles. The quantitative estimate of drug-likeness (QED) is 0.251. The van der Waals surface area contributed by atoms with E-state index in [9.17, 15) is 19.8 Å². The normalized spacial score (nSPS) is 17.7. The summed E-state index contributed by atoms with van der Waals surface area (Å²) in [6.07, 6.45) is 1.37. The number of hydrogen-bond donors (Lipinski definition) is 2. The van der Waals surface area contributed by atoms with Crippen molar-refractivity contribution >= 4 is 29.1 Å². The average Bonchev–Trinajstić information content (AvgIpc) is 3.04. The lowest BCUT2D eigenvalue weighted by atomic mass is 9.95. The maximum Gasteiger partial charge on any atom is 0.295 e. The van der Waals surface area contributed by atoms with Crippen LogP contribution in [0.15, 0.2) is 48.0 Å². The largest absolute Gasteiger partial charge is 0.507 e. The molecular weight excluding hydrogens is 434 g/mol. The highest BCUT2D eigenvalue weighted by atomic mass is 35.5. The molecule has 7 nitrogen and oxygen atoms in total. The lowest BCUT2D eigenvalue weighted by Crippen LogP contribution is -2.31. The Balaban J connectivity index is 2.06. The molecule has 1 aliphatic heterocycles. The third kappa shape index (κ3) is 4.89. The molecule has 1 heterocycles. The van der Waals surface area contributed by atoms with Gasteiger partial charge < -0.3 is 24.6 Å². The van der Waals surface area contributed by atoms with Gasteiger partial charge in [0.15, 0.2) is 0 Å². The molecule has 1 atom stereocenters. The zero-order valence-electron chi connectivity index (χ0n) is 18.0. The Bertz CT molecular complexity index is 1020. The van der Waals surface area contributed by atoms with Crippen molar-refractivity contribution in [2.45, 2.75) is 25.8 Å². The van der Waals surface area contributed by atoms with E-state index >= 15 is 0 Å². The van der Waals surface area contributed by atoms with Gasteiger partial charge in [-0.15, -0.1) is 0 Å². The fraction of sp³-hybridized carbons (Fsp3) is 0.333. The van der Waals surface area contributed by atoms with Crippen molar-refractivity contribution in [3.63, 3.8) is 0 Å². The number of Topliss-reactive ketones (excluding diaryl/α,β-unsaturated/α-hetero) is 1. The van der Waals surface area contributed by atoms with Crippen LogP contribution in [0.25, 0.3) is 5.76 Å². The van der Waals surface area contributed by atoms with Crippen LogP contribution < -0.4 is 4.74 Å². The number of phenols is 1. The Morgan fingerprint density at radius 2 is 1.84 bits per heavy atom. The second-order valence-electron chi connectivity index (χ2n) is 7.42. The molecular formula is C24H26ClNO6. The minimum absolute atomic E-state index is 0.0311. The average molecular weight is 460 g/mol. The van der Waals surface area contributed by atoms with E-state index in [0.717, 1.165) is 6.42 Å². The van der Waals surface area contributed by atoms with Crippen LogP contribution in [0.3, 0.4) is 0 Å². The molecule has 2 aromatic rings. The zero-order valence-corrected chi connectivity index (χ0v) is 18.8. The van der Waals surface area contributed by atoms with Gasteiger partial charge in [-0.1, -0.05) is 24.6 Å². The number of hydrogen-bond acceptors (Lipinski definition) is 6. The summed E-state index contributed by atoms with van der Waals surface area (Å²) in [5.74, 6) is -1.24. The van der Waals surface area contributed by atoms with Crippen molar-refractivity contribution in [1.82, 2.24) is 4.90 Å². The lowest BCUT2D eigenvalue weighted by molar-refractivity contribution is -0.140. The van der Waals surface area contributed by atoms with Gasteiger partial charge in [0.2, 0.25) is 0 Å². The first kappa shape index (κ1) is 23.6. The van der Waals surface area contributed by atoms with Crippen molar-refractivity contribution in [2.24, 2.45) is 0 Å². The number of carbonyl (C=O) groups excluding carboxylic acids is 2. The summed E-state index contributed by atoms with van der Waals surface area (Å²) in [6, 6.07) is 10.3. The van der Waals surface area contributed by atoms with Crippen LogP contribution >= 0.6 is 11.6 Å². The van der Waals surface area contributed by atoms with Crippen molar-refractivity contribution in [2.75, 3.05) is 26.9 Å². The van der Waals surface area contributed by atoms with E-state index < -0.39 is 17.7 Å². The first-order valence-corrected chi connectivity index (χ1v) is 10.8. The summed E-state index contributed by atoms with van der Waals surface area (Å²) in [5, 5.41) is 20.9. The molecule has 1 unspecified atom stereocenters. The van der Waals surface area contributed by atoms with E-state index in [1.807, 2.05) is 6.92 Å². The number of rotatable bonds is 9. The predicted octanol–water partition coefficient (Wildman–Crippen LogP) is 4.29. The number of aliphatic hydroxyl groups is 1. The maximum absolute atomic E-state index is 13.0. The Labute approximate surface area is 191 Å². The number of likely N-dealkylation sites (tertiary alicyclic amines) is 1. The third-order valence-electron chi connectivity index (χ3n) is 5.18. The number of aliphatic hydroxyl groups excluding tert-OH is 1. The smallest absolute Gasteiger partial charge is 0.295 e. The van der Waals surface area contributed by atoms with Gasteiger partial charge in [-0.2, -0.15) is 0 Å². The van der Waals surface area contributed by atoms with Crippen molar-refractivity contribution in [1.29, 1.82) is 0 Å². The summed E-state index contributed by atoms with van der Waals surface area (Å²) < 4.78 is 10.6. The van der Waals surface area contributed by atoms with Crippen LogP contribution in [0.4, 0.5) is 0 Å². The van der Waals surface area contributed by atoms with E-state index in [1.165, 1.54) is 17.0 Å². The van der Waals surface area contributed by atoms with E-state index in [1.54, 1.807) is 37.4 Å². The number of methoxy groups -OCH3 is 1. The van der Waals surface area contributed by atoms with Gasteiger partial charge in [0.1, 0.15) is 17.3 Å². The van der Waals surface area contributed by atoms with Gasteiger partial charge >= 0.3 is 0 Å². The summed E-state index contributed by atoms with van der Waals surface area (Å²) in [4.78, 5) is 27.2. The topological polar surface area (TPSA) is 96.3 Å². The maximum atomic E-state index is 13.0. The second kappa shape index (κ2) is 10.5. The van der Waals surface area contributed by atoms with Crippen LogP contribution in [0, 0.1) is 0 Å². The Hall–Kier alpha value is -3.03. The molecule has 0 spiro atoms. The molecule has 0 radical (unpaired) electrons. The molecule has 1 aliphatic rings. The number of phenolic OH excluding ortho intramolecular Hbond substituents is 1. The molecule has 2 aromatic carbocycles. The molecule has 8 heteroatoms. The standard InChI is InChI=1S/C24H26ClNO6/c1-3-12-32-17-8-5-15(6-9-17)22(28)20-21(16-7-10-19(27)18(25)14-16)26(11-4-13-31-2)24(30)23(20)29/h5-10,14,21,27-28H,3-4,11-13H2,1-2H3/b22-20-. The van der Waals surface area contributed by atoms with Crippen molar-refractivity contribution in [3.8, 4) is 11.5 Å². The van der Waals surface area contributed by atoms with Gasteiger partial charge in [-0.05, 0) is 54.8 Å². The number of amides is 1. The summed E-state index contributed by atoms with van der Waals surface area (Å²) in [5.41, 5.74) is 0.865. The predicted molar refractivity (Wildman–Crippen MR) is 121 cm³/mol. The molecule has 170 valence electrons. The van der Waals surface area contributed by atoms with Crippen molar-refractivity contribution < 1.29 is 29.3 Å². The number of halogens is 1. The van der Waals surface area contributed by atoms with Crippen LogP contribution in [-0.4, -0.2) is 53.7 Å². The van der Waals surface area contributed by atoms with Crippen LogP contribution in [0.1, 0.15) is 36.9 Å². The van der Waals surface area contributed by atoms with Crippen molar-refractivity contribution in [3.05, 3.63) is 64.2 Å². The van der Waals surface area contributed by atoms with E-state index in [-0.39, 0.29) is 28.6 Å². The summed E-state index contributed by atoms with van der Waals surface area (Å²) >= 11 is 6.09. The monoisotopic (exact) mass is 459 g/mol. The fourth-order valence-corrected chi connectivity index (χ4v) is 3.80. The van der Waals surface area contributed by atoms with Crippen LogP contribution in [-0.2, 0) is 14.3 Å². The molecule has 32 heavy (non-hydrogen) atoms.